The van der Waals surface area contributed by atoms with Crippen molar-refractivity contribution in [2.24, 2.45) is 23.7 Å². The highest BCUT2D eigenvalue weighted by Crippen LogP contribution is 2.60. The van der Waals surface area contributed by atoms with Gasteiger partial charge < -0.3 is 14.2 Å². The van der Waals surface area contributed by atoms with Gasteiger partial charge in [-0.05, 0) is 38.0 Å². The fraction of sp³-hybridized carbons (Fsp3) is 1.00. The first-order chi connectivity index (χ1) is 10.00. The first-order valence-corrected chi connectivity index (χ1v) is 8.23. The molecule has 4 saturated heterocycles. The molecular formula is C16H26O5. The summed E-state index contributed by atoms with van der Waals surface area (Å²) in [7, 11) is 1.70. The summed E-state index contributed by atoms with van der Waals surface area (Å²) in [5.41, 5.74) is -0.470. The number of hydrogen-bond donors (Lipinski definition) is 0. The standard InChI is InChI=1S/C16H26O5/c1-9-5-6-12-10(2)13(17-4)18-14-16(12)11(9)7-8-15(3,19-14)20-21-16/h9-14H,5-8H2,1-4H3/t9-,10+,11-,12-,13+,14-,15+,16-/m0/s1. The van der Waals surface area contributed by atoms with Crippen molar-refractivity contribution in [3.8, 4) is 0 Å². The molecule has 1 spiro atoms. The van der Waals surface area contributed by atoms with Crippen molar-refractivity contribution in [3.63, 3.8) is 0 Å². The van der Waals surface area contributed by atoms with E-state index in [2.05, 4.69) is 13.8 Å². The molecule has 5 fully saturated rings. The van der Waals surface area contributed by atoms with Crippen LogP contribution in [0.15, 0.2) is 0 Å². The summed E-state index contributed by atoms with van der Waals surface area (Å²) in [5.74, 6) is 0.953. The average Bonchev–Trinajstić information content (AvgIpc) is 2.69. The maximum Gasteiger partial charge on any atom is 0.201 e. The maximum absolute atomic E-state index is 6.21. The lowest BCUT2D eigenvalue weighted by molar-refractivity contribution is -0.577. The van der Waals surface area contributed by atoms with Gasteiger partial charge in [0.2, 0.25) is 5.79 Å². The summed E-state index contributed by atoms with van der Waals surface area (Å²) >= 11 is 0. The second-order valence-electron chi connectivity index (χ2n) is 7.51. The predicted octanol–water partition coefficient (Wildman–Crippen LogP) is 2.84. The minimum Gasteiger partial charge on any atom is -0.355 e. The summed E-state index contributed by atoms with van der Waals surface area (Å²) in [6.45, 7) is 6.46. The zero-order valence-electron chi connectivity index (χ0n) is 13.3. The van der Waals surface area contributed by atoms with Crippen LogP contribution in [-0.2, 0) is 24.0 Å². The van der Waals surface area contributed by atoms with E-state index in [1.165, 1.54) is 6.42 Å². The summed E-state index contributed by atoms with van der Waals surface area (Å²) in [4.78, 5) is 11.8. The first kappa shape index (κ1) is 14.4. The van der Waals surface area contributed by atoms with Crippen molar-refractivity contribution in [1.29, 1.82) is 0 Å². The van der Waals surface area contributed by atoms with Gasteiger partial charge in [-0.15, -0.1) is 0 Å². The van der Waals surface area contributed by atoms with E-state index in [1.807, 2.05) is 6.92 Å². The molecule has 5 aliphatic rings. The Balaban J connectivity index is 1.79. The van der Waals surface area contributed by atoms with Crippen LogP contribution in [0.2, 0.25) is 0 Å². The Morgan fingerprint density at radius 1 is 1.05 bits per heavy atom. The molecule has 0 aromatic heterocycles. The molecule has 0 radical (unpaired) electrons. The molecule has 5 rings (SSSR count). The monoisotopic (exact) mass is 298 g/mol. The van der Waals surface area contributed by atoms with Gasteiger partial charge in [0.05, 0.1) is 0 Å². The van der Waals surface area contributed by atoms with Crippen LogP contribution in [0.25, 0.3) is 0 Å². The van der Waals surface area contributed by atoms with Crippen LogP contribution >= 0.6 is 0 Å². The van der Waals surface area contributed by atoms with E-state index in [9.17, 15) is 0 Å². The third-order valence-corrected chi connectivity index (χ3v) is 6.33. The summed E-state index contributed by atoms with van der Waals surface area (Å²) < 4.78 is 17.9. The van der Waals surface area contributed by atoms with Crippen LogP contribution in [0.4, 0.5) is 0 Å². The minimum absolute atomic E-state index is 0.230. The normalized spacial score (nSPS) is 59.4. The Morgan fingerprint density at radius 3 is 2.62 bits per heavy atom. The third kappa shape index (κ3) is 1.81. The second kappa shape index (κ2) is 4.65. The molecule has 0 amide bonds. The number of fused-ring (bicyclic) bond motifs is 2. The van der Waals surface area contributed by atoms with Crippen LogP contribution < -0.4 is 0 Å². The summed E-state index contributed by atoms with van der Waals surface area (Å²) in [5, 5.41) is 0. The predicted molar refractivity (Wildman–Crippen MR) is 73.8 cm³/mol. The van der Waals surface area contributed by atoms with E-state index in [-0.39, 0.29) is 12.2 Å². The van der Waals surface area contributed by atoms with Crippen LogP contribution in [0.1, 0.15) is 46.5 Å². The molecule has 2 bridgehead atoms. The van der Waals surface area contributed by atoms with Crippen LogP contribution in [-0.4, -0.2) is 31.1 Å². The van der Waals surface area contributed by atoms with Crippen LogP contribution in [0.3, 0.4) is 0 Å². The fourth-order valence-corrected chi connectivity index (χ4v) is 5.14. The molecule has 0 N–H and O–H groups in total. The molecule has 8 atom stereocenters. The molecule has 0 aromatic carbocycles. The van der Waals surface area contributed by atoms with Gasteiger partial charge in [0.15, 0.2) is 18.2 Å². The Hall–Kier alpha value is -0.200. The molecule has 5 nitrogen and oxygen atoms in total. The fourth-order valence-electron chi connectivity index (χ4n) is 5.14. The first-order valence-electron chi connectivity index (χ1n) is 8.23. The van der Waals surface area contributed by atoms with Crippen molar-refractivity contribution < 1.29 is 24.0 Å². The lowest BCUT2D eigenvalue weighted by Crippen LogP contribution is -2.70. The molecule has 0 unspecified atom stereocenters. The Bertz CT molecular complexity index is 429. The van der Waals surface area contributed by atoms with Gasteiger partial charge in [-0.3, -0.25) is 0 Å². The maximum atomic E-state index is 6.21. The average molecular weight is 298 g/mol. The lowest BCUT2D eigenvalue weighted by Gasteiger charge is -2.60. The number of methoxy groups -OCH3 is 1. The van der Waals surface area contributed by atoms with Gasteiger partial charge >= 0.3 is 0 Å². The highest BCUT2D eigenvalue weighted by molar-refractivity contribution is 5.08. The highest BCUT2D eigenvalue weighted by atomic mass is 17.3. The number of ether oxygens (including phenoxy) is 3. The molecule has 4 aliphatic heterocycles. The topological polar surface area (TPSA) is 46.2 Å². The van der Waals surface area contributed by atoms with E-state index >= 15 is 0 Å². The molecule has 21 heavy (non-hydrogen) atoms. The molecule has 1 aliphatic carbocycles. The Labute approximate surface area is 126 Å². The number of hydrogen-bond acceptors (Lipinski definition) is 5. The number of rotatable bonds is 1. The van der Waals surface area contributed by atoms with Gasteiger partial charge in [0.25, 0.3) is 0 Å². The van der Waals surface area contributed by atoms with Gasteiger partial charge in [-0.2, -0.15) is 0 Å². The molecule has 0 aromatic rings. The van der Waals surface area contributed by atoms with Crippen molar-refractivity contribution in [1.82, 2.24) is 0 Å². The molecule has 5 heteroatoms. The van der Waals surface area contributed by atoms with E-state index in [0.29, 0.717) is 17.8 Å². The van der Waals surface area contributed by atoms with E-state index in [1.54, 1.807) is 7.11 Å². The van der Waals surface area contributed by atoms with E-state index < -0.39 is 17.7 Å². The molecular weight excluding hydrogens is 272 g/mol. The van der Waals surface area contributed by atoms with E-state index in [0.717, 1.165) is 19.3 Å². The lowest BCUT2D eigenvalue weighted by atomic mass is 9.58. The minimum atomic E-state index is -0.698. The van der Waals surface area contributed by atoms with Gasteiger partial charge in [0, 0.05) is 25.4 Å². The van der Waals surface area contributed by atoms with Crippen molar-refractivity contribution in [2.45, 2.75) is 70.4 Å². The zero-order chi connectivity index (χ0) is 14.8. The van der Waals surface area contributed by atoms with Crippen molar-refractivity contribution in [3.05, 3.63) is 0 Å². The van der Waals surface area contributed by atoms with Crippen molar-refractivity contribution in [2.75, 3.05) is 7.11 Å². The molecule has 120 valence electrons. The molecule has 1 saturated carbocycles. The Kier molecular flexibility index (Phi) is 3.19. The van der Waals surface area contributed by atoms with Crippen LogP contribution in [0.5, 0.6) is 0 Å². The third-order valence-electron chi connectivity index (χ3n) is 6.33. The molecule has 4 heterocycles. The van der Waals surface area contributed by atoms with Crippen molar-refractivity contribution >= 4 is 0 Å². The summed E-state index contributed by atoms with van der Waals surface area (Å²) in [6, 6.07) is 0. The van der Waals surface area contributed by atoms with Gasteiger partial charge in [-0.1, -0.05) is 13.8 Å². The SMILES string of the molecule is CO[C@@H]1O[C@H]2O[C@@]3(C)CC[C@H]4[C@@H](C)CC[C@@H]([C@H]1C)[C@]24OO3. The van der Waals surface area contributed by atoms with Gasteiger partial charge in [-0.25, -0.2) is 9.78 Å². The quantitative estimate of drug-likeness (QED) is 0.697. The highest BCUT2D eigenvalue weighted by Gasteiger charge is 2.69. The van der Waals surface area contributed by atoms with Gasteiger partial charge in [0.1, 0.15) is 0 Å². The largest absolute Gasteiger partial charge is 0.355 e. The Morgan fingerprint density at radius 2 is 1.86 bits per heavy atom. The smallest absolute Gasteiger partial charge is 0.201 e. The van der Waals surface area contributed by atoms with Crippen LogP contribution in [0, 0.1) is 23.7 Å². The zero-order valence-corrected chi connectivity index (χ0v) is 13.3. The summed E-state index contributed by atoms with van der Waals surface area (Å²) in [6.07, 6.45) is 3.64. The van der Waals surface area contributed by atoms with E-state index in [4.69, 9.17) is 24.0 Å². The second-order valence-corrected chi connectivity index (χ2v) is 7.51.